The van der Waals surface area contributed by atoms with Gasteiger partial charge < -0.3 is 9.47 Å². The maximum absolute atomic E-state index is 13.5. The predicted octanol–water partition coefficient (Wildman–Crippen LogP) is 6.77. The van der Waals surface area contributed by atoms with Gasteiger partial charge in [0.1, 0.15) is 23.8 Å². The lowest BCUT2D eigenvalue weighted by molar-refractivity contribution is 0.309. The van der Waals surface area contributed by atoms with E-state index in [0.29, 0.717) is 28.5 Å². The predicted molar refractivity (Wildman–Crippen MR) is 181 cm³/mol. The van der Waals surface area contributed by atoms with E-state index in [-0.39, 0.29) is 5.56 Å². The fourth-order valence-electron chi connectivity index (χ4n) is 4.80. The molecule has 3 heterocycles. The second-order valence-corrected chi connectivity index (χ2v) is 11.5. The molecule has 0 aliphatic heterocycles. The molecule has 0 bridgehead atoms. The lowest BCUT2D eigenvalue weighted by atomic mass is 10.0. The van der Waals surface area contributed by atoms with Crippen molar-refractivity contribution < 1.29 is 9.47 Å². The first-order valence-electron chi connectivity index (χ1n) is 14.8. The number of thiazole rings is 1. The molecule has 0 N–H and O–H groups in total. The molecule has 0 aliphatic rings. The van der Waals surface area contributed by atoms with Crippen molar-refractivity contribution in [2.45, 2.75) is 26.7 Å². The van der Waals surface area contributed by atoms with Crippen LogP contribution in [0.1, 0.15) is 42.3 Å². The van der Waals surface area contributed by atoms with E-state index in [9.17, 15) is 4.79 Å². The Bertz CT molecular complexity index is 2080. The zero-order valence-electron chi connectivity index (χ0n) is 25.2. The summed E-state index contributed by atoms with van der Waals surface area (Å²) in [6, 6.07) is 23.7. The fourth-order valence-corrected chi connectivity index (χ4v) is 5.71. The van der Waals surface area contributed by atoms with E-state index >= 15 is 0 Å². The number of hydrogen-bond acceptors (Lipinski definition) is 7. The quantitative estimate of drug-likeness (QED) is 0.112. The van der Waals surface area contributed by atoms with E-state index in [1.54, 1.807) is 12.2 Å². The first-order valence-corrected chi connectivity index (χ1v) is 15.7. The van der Waals surface area contributed by atoms with Gasteiger partial charge in [0, 0.05) is 17.3 Å². The summed E-state index contributed by atoms with van der Waals surface area (Å²) >= 11 is 1.30. The molecule has 0 aliphatic carbocycles. The number of unbranched alkanes of at least 4 members (excludes halogenated alkanes) is 1. The minimum Gasteiger partial charge on any atom is -0.494 e. The normalized spacial score (nSPS) is 11.9. The number of ether oxygens (including phenoxy) is 2. The number of nitrogens with zero attached hydrogens (tertiary/aromatic N) is 5. The highest BCUT2D eigenvalue weighted by Crippen LogP contribution is 2.30. The molecule has 0 saturated carbocycles. The highest BCUT2D eigenvalue weighted by molar-refractivity contribution is 7.15. The van der Waals surface area contributed by atoms with Crippen LogP contribution in [-0.2, 0) is 0 Å². The van der Waals surface area contributed by atoms with E-state index in [1.165, 1.54) is 15.9 Å². The molecule has 0 radical (unpaired) electrons. The van der Waals surface area contributed by atoms with Crippen molar-refractivity contribution in [3.8, 4) is 28.4 Å². The van der Waals surface area contributed by atoms with Crippen LogP contribution in [0.15, 0.2) is 96.4 Å². The van der Waals surface area contributed by atoms with Crippen LogP contribution in [0.2, 0.25) is 0 Å². The summed E-state index contributed by atoms with van der Waals surface area (Å²) in [5.41, 5.74) is 5.28. The van der Waals surface area contributed by atoms with E-state index in [4.69, 9.17) is 14.6 Å². The average molecular weight is 616 g/mol. The third-order valence-corrected chi connectivity index (χ3v) is 8.10. The Morgan fingerprint density at radius 3 is 2.49 bits per heavy atom. The summed E-state index contributed by atoms with van der Waals surface area (Å²) < 4.78 is 15.2. The van der Waals surface area contributed by atoms with Crippen molar-refractivity contribution in [2.24, 2.45) is 0 Å². The van der Waals surface area contributed by atoms with Crippen LogP contribution in [0.25, 0.3) is 40.1 Å². The first-order chi connectivity index (χ1) is 22.0. The zero-order valence-corrected chi connectivity index (χ0v) is 26.0. The fraction of sp³-hybridized carbons (Fsp3) is 0.167. The van der Waals surface area contributed by atoms with Crippen LogP contribution in [0.3, 0.4) is 0 Å². The van der Waals surface area contributed by atoms with Gasteiger partial charge in [-0.05, 0) is 79.1 Å². The Balaban J connectivity index is 1.32. The van der Waals surface area contributed by atoms with Gasteiger partial charge in [-0.1, -0.05) is 73.7 Å². The Morgan fingerprint density at radius 1 is 0.956 bits per heavy atom. The topological polar surface area (TPSA) is 83.5 Å². The molecule has 6 rings (SSSR count). The second-order valence-electron chi connectivity index (χ2n) is 10.5. The number of hydrogen-bond donors (Lipinski definition) is 0. The summed E-state index contributed by atoms with van der Waals surface area (Å²) in [6.45, 7) is 9.01. The number of rotatable bonds is 12. The smallest absolute Gasteiger partial charge is 0.291 e. The van der Waals surface area contributed by atoms with Gasteiger partial charge in [0.25, 0.3) is 5.56 Å². The van der Waals surface area contributed by atoms with E-state index in [2.05, 4.69) is 30.5 Å². The number of fused-ring (bicyclic) bond motifs is 1. The van der Waals surface area contributed by atoms with Gasteiger partial charge in [0.15, 0.2) is 5.82 Å². The van der Waals surface area contributed by atoms with Crippen molar-refractivity contribution in [1.82, 2.24) is 24.4 Å². The molecule has 0 fully saturated rings. The maximum Gasteiger partial charge on any atom is 0.291 e. The Hall–Kier alpha value is -5.28. The van der Waals surface area contributed by atoms with Crippen molar-refractivity contribution >= 4 is 34.5 Å². The van der Waals surface area contributed by atoms with Crippen LogP contribution in [-0.4, -0.2) is 37.6 Å². The summed E-state index contributed by atoms with van der Waals surface area (Å²) in [5, 5.41) is 9.42. The molecule has 45 heavy (non-hydrogen) atoms. The summed E-state index contributed by atoms with van der Waals surface area (Å²) in [4.78, 5) is 18.6. The molecular formula is C36H33N5O3S. The molecule has 0 unspecified atom stereocenters. The Morgan fingerprint density at radius 2 is 1.76 bits per heavy atom. The zero-order chi connectivity index (χ0) is 31.2. The molecule has 0 amide bonds. The largest absolute Gasteiger partial charge is 0.494 e. The molecule has 8 nitrogen and oxygen atoms in total. The molecule has 6 aromatic rings. The maximum atomic E-state index is 13.5. The van der Waals surface area contributed by atoms with Gasteiger partial charge in [0.05, 0.1) is 16.8 Å². The van der Waals surface area contributed by atoms with E-state index in [0.717, 1.165) is 58.0 Å². The van der Waals surface area contributed by atoms with Crippen molar-refractivity contribution in [3.63, 3.8) is 0 Å². The van der Waals surface area contributed by atoms with Gasteiger partial charge in [-0.3, -0.25) is 4.79 Å². The van der Waals surface area contributed by atoms with Gasteiger partial charge in [-0.15, -0.1) is 5.10 Å². The SMILES string of the molecule is C=CCOc1ccc(/C=C/c2nc3s/c(=C\c4cn(-c5ccccc5)nc4-c4ccc(OCCCC)cc4C)c(=O)n3n2)cc1. The summed E-state index contributed by atoms with van der Waals surface area (Å²) in [5.74, 6) is 2.07. The molecule has 0 saturated heterocycles. The van der Waals surface area contributed by atoms with Crippen LogP contribution in [0.5, 0.6) is 11.5 Å². The molecule has 0 atom stereocenters. The van der Waals surface area contributed by atoms with Gasteiger partial charge in [0.2, 0.25) is 4.96 Å². The second kappa shape index (κ2) is 13.6. The molecule has 0 spiro atoms. The van der Waals surface area contributed by atoms with Crippen molar-refractivity contribution in [1.29, 1.82) is 0 Å². The molecule has 9 heteroatoms. The van der Waals surface area contributed by atoms with Crippen LogP contribution >= 0.6 is 11.3 Å². The van der Waals surface area contributed by atoms with E-state index in [1.807, 2.05) is 95.8 Å². The molecule has 3 aromatic carbocycles. The standard InChI is InChI=1S/C36H33N5O3S/c1-4-6-21-44-30-17-18-31(25(3)22-30)34-27(24-40(39-34)28-10-8-7-9-11-28)23-32-35(42)41-36(45-32)37-33(38-41)19-14-26-12-15-29(16-13-26)43-20-5-2/h5,7-19,22-24H,2,4,6,20-21H2,1,3H3/b19-14+,32-23-. The monoisotopic (exact) mass is 615 g/mol. The minimum atomic E-state index is -0.222. The van der Waals surface area contributed by atoms with E-state index < -0.39 is 0 Å². The summed E-state index contributed by atoms with van der Waals surface area (Å²) in [6.07, 6.45) is 11.3. The first kappa shape index (κ1) is 29.8. The van der Waals surface area contributed by atoms with Gasteiger partial charge in [-0.2, -0.15) is 14.6 Å². The molecular weight excluding hydrogens is 582 g/mol. The average Bonchev–Trinajstić information content (AvgIpc) is 3.74. The van der Waals surface area contributed by atoms with Crippen molar-refractivity contribution in [2.75, 3.05) is 13.2 Å². The number of aryl methyl sites for hydroxylation is 1. The van der Waals surface area contributed by atoms with Crippen LogP contribution < -0.4 is 19.6 Å². The lowest BCUT2D eigenvalue weighted by Gasteiger charge is -2.09. The number of aromatic nitrogens is 5. The summed E-state index contributed by atoms with van der Waals surface area (Å²) in [7, 11) is 0. The van der Waals surface area contributed by atoms with Crippen LogP contribution in [0.4, 0.5) is 0 Å². The third kappa shape index (κ3) is 6.78. The highest BCUT2D eigenvalue weighted by atomic mass is 32.1. The van der Waals surface area contributed by atoms with Gasteiger partial charge in [-0.25, -0.2) is 4.68 Å². The van der Waals surface area contributed by atoms with Crippen molar-refractivity contribution in [3.05, 3.63) is 129 Å². The minimum absolute atomic E-state index is 0.222. The van der Waals surface area contributed by atoms with Crippen LogP contribution in [0, 0.1) is 6.92 Å². The third-order valence-electron chi connectivity index (χ3n) is 7.14. The lowest BCUT2D eigenvalue weighted by Crippen LogP contribution is -2.23. The molecule has 226 valence electrons. The number of para-hydroxylation sites is 1. The Labute approximate surface area is 265 Å². The molecule has 3 aromatic heterocycles. The Kier molecular flexibility index (Phi) is 8.98. The number of benzene rings is 3. The van der Waals surface area contributed by atoms with Gasteiger partial charge >= 0.3 is 0 Å². The highest BCUT2D eigenvalue weighted by Gasteiger charge is 2.16.